The van der Waals surface area contributed by atoms with Crippen LogP contribution >= 0.6 is 0 Å². The molecule has 0 aliphatic rings. The molecule has 0 bridgehead atoms. The van der Waals surface area contributed by atoms with E-state index in [1.54, 1.807) is 60.7 Å². The highest BCUT2D eigenvalue weighted by Gasteiger charge is 2.11. The first kappa shape index (κ1) is 40.2. The van der Waals surface area contributed by atoms with Crippen LogP contribution in [-0.2, 0) is 30.4 Å². The Hall–Kier alpha value is -6.94. The first-order valence-corrected chi connectivity index (χ1v) is 18.0. The minimum atomic E-state index is -0.559. The Morgan fingerprint density at radius 3 is 1.46 bits per heavy atom. The van der Waals surface area contributed by atoms with Crippen molar-refractivity contribution in [2.45, 2.75) is 32.3 Å². The molecule has 0 radical (unpaired) electrons. The minimum Gasteiger partial charge on any atom is -0.494 e. The highest BCUT2D eigenvalue weighted by atomic mass is 16.7. The second-order valence-corrected chi connectivity index (χ2v) is 12.4. The van der Waals surface area contributed by atoms with Crippen molar-refractivity contribution in [2.75, 3.05) is 20.0 Å². The van der Waals surface area contributed by atoms with Crippen molar-refractivity contribution in [2.24, 2.45) is 0 Å². The second kappa shape index (κ2) is 21.1. The lowest BCUT2D eigenvalue weighted by molar-refractivity contribution is -0.144. The van der Waals surface area contributed by atoms with E-state index in [1.165, 1.54) is 0 Å². The van der Waals surface area contributed by atoms with Gasteiger partial charge in [-0.2, -0.15) is 0 Å². The molecule has 0 saturated carbocycles. The van der Waals surface area contributed by atoms with E-state index in [9.17, 15) is 19.2 Å². The average molecular weight is 755 g/mol. The van der Waals surface area contributed by atoms with Gasteiger partial charge in [0.1, 0.15) is 23.9 Å². The van der Waals surface area contributed by atoms with E-state index >= 15 is 0 Å². The fourth-order valence-corrected chi connectivity index (χ4v) is 5.33. The number of rotatable bonds is 20. The largest absolute Gasteiger partial charge is 0.494 e. The van der Waals surface area contributed by atoms with Crippen LogP contribution in [0.15, 0.2) is 147 Å². The first-order valence-electron chi connectivity index (χ1n) is 18.0. The van der Waals surface area contributed by atoms with Gasteiger partial charge in [0.25, 0.3) is 0 Å². The third-order valence-corrected chi connectivity index (χ3v) is 8.43. The fourth-order valence-electron chi connectivity index (χ4n) is 5.33. The molecule has 0 atom stereocenters. The summed E-state index contributed by atoms with van der Waals surface area (Å²) in [7, 11) is 0. The zero-order valence-corrected chi connectivity index (χ0v) is 30.9. The normalized spacial score (nSPS) is 10.4. The molecule has 5 rings (SSSR count). The van der Waals surface area contributed by atoms with E-state index in [0.717, 1.165) is 65.7 Å². The number of esters is 4. The standard InChI is InChI=1S/C46H42O10/c1-3-43(47)53-31-33-9-11-34(12-10-33)35-13-17-38(18-14-35)45(49)52-30-8-6-5-7-29-51-40-25-27-42(28-26-40)56-46(50)39-19-15-36(16-20-39)37-21-23-41(24-22-37)54-32-55-44(48)4-2/h3-4,9-28H,1-2,5-8,29-32H2. The molecular weight excluding hydrogens is 712 g/mol. The van der Waals surface area contributed by atoms with Crippen LogP contribution in [0.3, 0.4) is 0 Å². The third kappa shape index (κ3) is 12.6. The molecule has 10 nitrogen and oxygen atoms in total. The lowest BCUT2D eigenvalue weighted by Gasteiger charge is -2.09. The smallest absolute Gasteiger partial charge is 0.343 e. The van der Waals surface area contributed by atoms with Crippen LogP contribution < -0.4 is 14.2 Å². The predicted molar refractivity (Wildman–Crippen MR) is 211 cm³/mol. The van der Waals surface area contributed by atoms with Gasteiger partial charge in [-0.15, -0.1) is 0 Å². The van der Waals surface area contributed by atoms with Crippen molar-refractivity contribution in [3.05, 3.63) is 163 Å². The number of hydrogen-bond donors (Lipinski definition) is 0. The molecule has 0 spiro atoms. The van der Waals surface area contributed by atoms with E-state index in [-0.39, 0.29) is 19.4 Å². The summed E-state index contributed by atoms with van der Waals surface area (Å²) in [5, 5.41) is 0. The van der Waals surface area contributed by atoms with Gasteiger partial charge in [0.15, 0.2) is 0 Å². The summed E-state index contributed by atoms with van der Waals surface area (Å²) in [6.45, 7) is 7.56. The van der Waals surface area contributed by atoms with Crippen LogP contribution in [-0.4, -0.2) is 43.9 Å². The van der Waals surface area contributed by atoms with Gasteiger partial charge in [-0.25, -0.2) is 19.2 Å². The van der Waals surface area contributed by atoms with Crippen LogP contribution in [0.1, 0.15) is 52.0 Å². The highest BCUT2D eigenvalue weighted by molar-refractivity contribution is 5.92. The second-order valence-electron chi connectivity index (χ2n) is 12.4. The Morgan fingerprint density at radius 2 is 0.893 bits per heavy atom. The summed E-state index contributed by atoms with van der Waals surface area (Å²) in [5.41, 5.74) is 5.53. The molecule has 0 unspecified atom stereocenters. The van der Waals surface area contributed by atoms with Crippen LogP contribution in [0.2, 0.25) is 0 Å². The Labute approximate surface area is 325 Å². The molecule has 0 saturated heterocycles. The van der Waals surface area contributed by atoms with Gasteiger partial charge in [-0.05, 0) is 114 Å². The SMILES string of the molecule is C=CC(=O)OCOc1ccc(-c2ccc(C(=O)Oc3ccc(OCCCCCCOC(=O)c4ccc(-c5ccc(COC(=O)C=C)cc5)cc4)cc3)cc2)cc1. The van der Waals surface area contributed by atoms with Crippen molar-refractivity contribution in [1.82, 2.24) is 0 Å². The molecule has 0 amide bonds. The van der Waals surface area contributed by atoms with Crippen LogP contribution in [0.25, 0.3) is 22.3 Å². The van der Waals surface area contributed by atoms with Crippen molar-refractivity contribution >= 4 is 23.9 Å². The molecule has 0 N–H and O–H groups in total. The summed E-state index contributed by atoms with van der Waals surface area (Å²) in [4.78, 5) is 47.6. The predicted octanol–water partition coefficient (Wildman–Crippen LogP) is 9.33. The number of carbonyl (C=O) groups excluding carboxylic acids is 4. The highest BCUT2D eigenvalue weighted by Crippen LogP contribution is 2.25. The lowest BCUT2D eigenvalue weighted by atomic mass is 10.0. The van der Waals surface area contributed by atoms with Gasteiger partial charge in [-0.1, -0.05) is 73.8 Å². The molecule has 0 heterocycles. The first-order chi connectivity index (χ1) is 27.3. The summed E-state index contributed by atoms with van der Waals surface area (Å²) >= 11 is 0. The molecule has 0 aliphatic carbocycles. The number of carbonyl (C=O) groups is 4. The average Bonchev–Trinajstić information content (AvgIpc) is 3.24. The zero-order chi connectivity index (χ0) is 39.5. The van der Waals surface area contributed by atoms with Crippen LogP contribution in [0.5, 0.6) is 17.2 Å². The van der Waals surface area contributed by atoms with E-state index in [1.807, 2.05) is 60.7 Å². The van der Waals surface area contributed by atoms with Gasteiger partial charge in [0, 0.05) is 12.2 Å². The van der Waals surface area contributed by atoms with E-state index in [0.29, 0.717) is 41.6 Å². The number of unbranched alkanes of at least 4 members (excludes halogenated alkanes) is 3. The maximum Gasteiger partial charge on any atom is 0.343 e. The Bertz CT molecular complexity index is 2070. The van der Waals surface area contributed by atoms with Gasteiger partial charge >= 0.3 is 23.9 Å². The molecule has 0 aromatic heterocycles. The van der Waals surface area contributed by atoms with Crippen LogP contribution in [0.4, 0.5) is 0 Å². The van der Waals surface area contributed by atoms with E-state index in [4.69, 9.17) is 28.4 Å². The number of hydrogen-bond acceptors (Lipinski definition) is 10. The van der Waals surface area contributed by atoms with Gasteiger partial charge < -0.3 is 28.4 Å². The van der Waals surface area contributed by atoms with Crippen molar-refractivity contribution in [3.8, 4) is 39.5 Å². The van der Waals surface area contributed by atoms with Crippen molar-refractivity contribution in [3.63, 3.8) is 0 Å². The fraction of sp³-hybridized carbons (Fsp3) is 0.174. The third-order valence-electron chi connectivity index (χ3n) is 8.43. The van der Waals surface area contributed by atoms with Gasteiger partial charge in [0.2, 0.25) is 6.79 Å². The maximum absolute atomic E-state index is 12.7. The Balaban J connectivity index is 0.935. The summed E-state index contributed by atoms with van der Waals surface area (Å²) in [6, 6.07) is 36.1. The van der Waals surface area contributed by atoms with Gasteiger partial charge in [-0.3, -0.25) is 0 Å². The van der Waals surface area contributed by atoms with Crippen molar-refractivity contribution < 1.29 is 47.6 Å². The Kier molecular flexibility index (Phi) is 15.1. The Morgan fingerprint density at radius 1 is 0.446 bits per heavy atom. The van der Waals surface area contributed by atoms with Gasteiger partial charge in [0.05, 0.1) is 24.3 Å². The quantitative estimate of drug-likeness (QED) is 0.0190. The number of benzene rings is 5. The molecule has 5 aromatic carbocycles. The molecule has 56 heavy (non-hydrogen) atoms. The summed E-state index contributed by atoms with van der Waals surface area (Å²) < 4.78 is 32.1. The summed E-state index contributed by atoms with van der Waals surface area (Å²) in [5.74, 6) is -0.231. The van der Waals surface area contributed by atoms with E-state index in [2.05, 4.69) is 13.2 Å². The molecule has 286 valence electrons. The van der Waals surface area contributed by atoms with Crippen LogP contribution in [0, 0.1) is 0 Å². The summed E-state index contributed by atoms with van der Waals surface area (Å²) in [6.07, 6.45) is 5.61. The molecule has 0 fully saturated rings. The zero-order valence-electron chi connectivity index (χ0n) is 30.9. The lowest BCUT2D eigenvalue weighted by Crippen LogP contribution is -2.08. The minimum absolute atomic E-state index is 0.179. The maximum atomic E-state index is 12.7. The molecule has 10 heteroatoms. The monoisotopic (exact) mass is 754 g/mol. The molecule has 0 aliphatic heterocycles. The van der Waals surface area contributed by atoms with Crippen molar-refractivity contribution in [1.29, 1.82) is 0 Å². The number of ether oxygens (including phenoxy) is 6. The van der Waals surface area contributed by atoms with E-state index < -0.39 is 17.9 Å². The molecular formula is C46H42O10. The topological polar surface area (TPSA) is 124 Å². The molecule has 5 aromatic rings.